The standard InChI is InChI=1S/C19H21F3N4O4/c1-24-13-5-3-2-4-12(13)16(28)15(18(24)30)17(29)23-7-6-14(27)25-8-10-26(11-9-25)19(20,21)22/h2-5,28H,6-11H2,1H3,(H,23,29). The molecule has 1 saturated heterocycles. The van der Waals surface area contributed by atoms with Gasteiger partial charge in [-0.2, -0.15) is 13.2 Å². The Morgan fingerprint density at radius 1 is 1.13 bits per heavy atom. The number of nitrogens with one attached hydrogen (secondary N) is 1. The Bertz CT molecular complexity index is 1030. The minimum Gasteiger partial charge on any atom is -0.506 e. The second-order valence-electron chi connectivity index (χ2n) is 6.95. The Balaban J connectivity index is 1.61. The summed E-state index contributed by atoms with van der Waals surface area (Å²) in [6, 6.07) is 6.56. The molecule has 1 fully saturated rings. The molecule has 0 radical (unpaired) electrons. The summed E-state index contributed by atoms with van der Waals surface area (Å²) < 4.78 is 39.2. The average molecular weight is 426 g/mol. The van der Waals surface area contributed by atoms with E-state index in [-0.39, 0.29) is 39.1 Å². The van der Waals surface area contributed by atoms with Crippen LogP contribution in [0.2, 0.25) is 0 Å². The Morgan fingerprint density at radius 3 is 2.40 bits per heavy atom. The first-order valence-corrected chi connectivity index (χ1v) is 9.29. The van der Waals surface area contributed by atoms with E-state index < -0.39 is 35.0 Å². The molecule has 1 aromatic heterocycles. The number of halogens is 3. The van der Waals surface area contributed by atoms with E-state index in [0.717, 1.165) is 0 Å². The minimum atomic E-state index is -4.42. The van der Waals surface area contributed by atoms with Crippen LogP contribution >= 0.6 is 0 Å². The van der Waals surface area contributed by atoms with Crippen LogP contribution in [0.15, 0.2) is 29.1 Å². The topological polar surface area (TPSA) is 94.9 Å². The number of hydrogen-bond donors (Lipinski definition) is 2. The van der Waals surface area contributed by atoms with E-state index >= 15 is 0 Å². The molecule has 1 aromatic carbocycles. The zero-order valence-corrected chi connectivity index (χ0v) is 16.2. The fourth-order valence-corrected chi connectivity index (χ4v) is 3.42. The van der Waals surface area contributed by atoms with Crippen molar-refractivity contribution in [3.05, 3.63) is 40.2 Å². The zero-order valence-electron chi connectivity index (χ0n) is 16.2. The Hall–Kier alpha value is -3.08. The number of para-hydroxylation sites is 1. The highest BCUT2D eigenvalue weighted by Crippen LogP contribution is 2.25. The van der Waals surface area contributed by atoms with Crippen molar-refractivity contribution in [2.45, 2.75) is 12.7 Å². The molecule has 1 aliphatic heterocycles. The number of pyridine rings is 1. The van der Waals surface area contributed by atoms with Gasteiger partial charge in [0.1, 0.15) is 11.3 Å². The number of rotatable bonds is 4. The minimum absolute atomic E-state index is 0.0572. The number of fused-ring (bicyclic) bond motifs is 1. The lowest BCUT2D eigenvalue weighted by molar-refractivity contribution is -0.252. The van der Waals surface area contributed by atoms with Crippen molar-refractivity contribution < 1.29 is 27.9 Å². The van der Waals surface area contributed by atoms with E-state index in [9.17, 15) is 32.7 Å². The number of piperazine rings is 1. The van der Waals surface area contributed by atoms with Gasteiger partial charge in [-0.15, -0.1) is 0 Å². The maximum atomic E-state index is 12.6. The molecule has 0 unspecified atom stereocenters. The van der Waals surface area contributed by atoms with Crippen LogP contribution in [-0.4, -0.2) is 70.3 Å². The number of carbonyl (C=O) groups is 2. The third kappa shape index (κ3) is 4.25. The maximum Gasteiger partial charge on any atom is 0.460 e. The van der Waals surface area contributed by atoms with Crippen LogP contribution in [0.4, 0.5) is 13.2 Å². The van der Waals surface area contributed by atoms with Gasteiger partial charge < -0.3 is 19.9 Å². The van der Waals surface area contributed by atoms with Gasteiger partial charge in [-0.1, -0.05) is 12.1 Å². The van der Waals surface area contributed by atoms with Gasteiger partial charge in [-0.05, 0) is 12.1 Å². The van der Waals surface area contributed by atoms with E-state index in [4.69, 9.17) is 0 Å². The fraction of sp³-hybridized carbons (Fsp3) is 0.421. The van der Waals surface area contributed by atoms with Crippen LogP contribution in [0.1, 0.15) is 16.8 Å². The van der Waals surface area contributed by atoms with Gasteiger partial charge in [-0.25, -0.2) is 4.90 Å². The smallest absolute Gasteiger partial charge is 0.460 e. The van der Waals surface area contributed by atoms with Crippen LogP contribution < -0.4 is 10.9 Å². The summed E-state index contributed by atoms with van der Waals surface area (Å²) in [5.41, 5.74) is -0.648. The quantitative estimate of drug-likeness (QED) is 0.713. The number of aromatic nitrogens is 1. The van der Waals surface area contributed by atoms with Crippen molar-refractivity contribution in [1.29, 1.82) is 0 Å². The summed E-state index contributed by atoms with van der Waals surface area (Å²) in [7, 11) is 1.48. The number of carbonyl (C=O) groups excluding carboxylic acids is 2. The largest absolute Gasteiger partial charge is 0.506 e. The second kappa shape index (κ2) is 8.34. The lowest BCUT2D eigenvalue weighted by Crippen LogP contribution is -2.53. The van der Waals surface area contributed by atoms with Gasteiger partial charge in [0.25, 0.3) is 11.5 Å². The highest BCUT2D eigenvalue weighted by molar-refractivity contribution is 6.02. The highest BCUT2D eigenvalue weighted by Gasteiger charge is 2.39. The second-order valence-corrected chi connectivity index (χ2v) is 6.95. The number of aryl methyl sites for hydroxylation is 1. The van der Waals surface area contributed by atoms with Gasteiger partial charge in [0, 0.05) is 51.6 Å². The lowest BCUT2D eigenvalue weighted by atomic mass is 10.1. The maximum absolute atomic E-state index is 12.6. The summed E-state index contributed by atoms with van der Waals surface area (Å²) in [5.74, 6) is -1.66. The first-order chi connectivity index (χ1) is 14.1. The number of hydrogen-bond acceptors (Lipinski definition) is 5. The molecule has 8 nitrogen and oxygen atoms in total. The van der Waals surface area contributed by atoms with E-state index in [0.29, 0.717) is 15.8 Å². The third-order valence-corrected chi connectivity index (χ3v) is 5.12. The molecule has 3 rings (SSSR count). The van der Waals surface area contributed by atoms with Gasteiger partial charge in [0.15, 0.2) is 0 Å². The molecule has 0 spiro atoms. The zero-order chi connectivity index (χ0) is 22.1. The summed E-state index contributed by atoms with van der Waals surface area (Å²) in [5, 5.41) is 13.1. The molecule has 0 aliphatic carbocycles. The number of alkyl halides is 3. The average Bonchev–Trinajstić information content (AvgIpc) is 2.71. The molecule has 0 saturated carbocycles. The van der Waals surface area contributed by atoms with Crippen molar-refractivity contribution in [3.8, 4) is 5.75 Å². The van der Waals surface area contributed by atoms with E-state index in [1.54, 1.807) is 24.3 Å². The molecular formula is C19H21F3N4O4. The molecule has 2 aromatic rings. The van der Waals surface area contributed by atoms with E-state index in [1.807, 2.05) is 0 Å². The van der Waals surface area contributed by atoms with Crippen LogP contribution in [0, 0.1) is 0 Å². The van der Waals surface area contributed by atoms with Gasteiger partial charge in [0.2, 0.25) is 5.91 Å². The Kier molecular flexibility index (Phi) is 6.01. The summed E-state index contributed by atoms with van der Waals surface area (Å²) in [6.07, 6.45) is -4.55. The predicted molar refractivity (Wildman–Crippen MR) is 102 cm³/mol. The van der Waals surface area contributed by atoms with Gasteiger partial charge in [0.05, 0.1) is 5.52 Å². The molecule has 2 heterocycles. The number of benzene rings is 1. The van der Waals surface area contributed by atoms with Crippen molar-refractivity contribution in [1.82, 2.24) is 19.7 Å². The van der Waals surface area contributed by atoms with Crippen LogP contribution in [0.3, 0.4) is 0 Å². The van der Waals surface area contributed by atoms with Gasteiger partial charge >= 0.3 is 6.30 Å². The van der Waals surface area contributed by atoms with Crippen LogP contribution in [0.5, 0.6) is 5.75 Å². The molecular weight excluding hydrogens is 405 g/mol. The van der Waals surface area contributed by atoms with Crippen molar-refractivity contribution in [2.24, 2.45) is 7.05 Å². The lowest BCUT2D eigenvalue weighted by Gasteiger charge is -2.35. The molecule has 1 aliphatic rings. The molecule has 162 valence electrons. The first kappa shape index (κ1) is 21.6. The van der Waals surface area contributed by atoms with Crippen molar-refractivity contribution in [3.63, 3.8) is 0 Å². The van der Waals surface area contributed by atoms with Crippen molar-refractivity contribution >= 4 is 22.7 Å². The molecule has 2 N–H and O–H groups in total. The monoisotopic (exact) mass is 426 g/mol. The fourth-order valence-electron chi connectivity index (χ4n) is 3.42. The van der Waals surface area contributed by atoms with Gasteiger partial charge in [-0.3, -0.25) is 14.4 Å². The molecule has 2 amide bonds. The third-order valence-electron chi connectivity index (χ3n) is 5.12. The number of nitrogens with zero attached hydrogens (tertiary/aromatic N) is 3. The molecule has 0 atom stereocenters. The highest BCUT2D eigenvalue weighted by atomic mass is 19.4. The Morgan fingerprint density at radius 2 is 1.77 bits per heavy atom. The number of aromatic hydroxyl groups is 1. The van der Waals surface area contributed by atoms with Crippen LogP contribution in [-0.2, 0) is 11.8 Å². The van der Waals surface area contributed by atoms with Crippen LogP contribution in [0.25, 0.3) is 10.9 Å². The first-order valence-electron chi connectivity index (χ1n) is 9.29. The van der Waals surface area contributed by atoms with Crippen molar-refractivity contribution in [2.75, 3.05) is 32.7 Å². The normalized spacial score (nSPS) is 15.4. The summed E-state index contributed by atoms with van der Waals surface area (Å²) in [6.45, 7) is -0.839. The number of amides is 2. The summed E-state index contributed by atoms with van der Waals surface area (Å²) in [4.78, 5) is 38.8. The van der Waals surface area contributed by atoms with E-state index in [2.05, 4.69) is 5.32 Å². The molecule has 0 bridgehead atoms. The SMILES string of the molecule is Cn1c(=O)c(C(=O)NCCC(=O)N2CCN(C(F)(F)F)CC2)c(O)c2ccccc21. The molecule has 11 heteroatoms. The van der Waals surface area contributed by atoms with E-state index in [1.165, 1.54) is 16.5 Å². The predicted octanol–water partition coefficient (Wildman–Crippen LogP) is 1.03. The molecule has 30 heavy (non-hydrogen) atoms. The summed E-state index contributed by atoms with van der Waals surface area (Å²) >= 11 is 0. The Labute approximate surface area is 169 Å².